The third-order valence-corrected chi connectivity index (χ3v) is 6.30. The zero-order valence-corrected chi connectivity index (χ0v) is 19.3. The minimum absolute atomic E-state index is 0.118. The molecule has 8 heteroatoms. The number of nitrogens with zero attached hydrogens (tertiary/aromatic N) is 2. The van der Waals surface area contributed by atoms with E-state index in [1.807, 2.05) is 32.9 Å². The van der Waals surface area contributed by atoms with Gasteiger partial charge < -0.3 is 24.3 Å². The van der Waals surface area contributed by atoms with Gasteiger partial charge in [-0.3, -0.25) is 4.79 Å². The number of aromatic nitrogens is 1. The monoisotopic (exact) mass is 447 g/mol. The number of rotatable bonds is 5. The molecular formula is C23H30ClN3O4. The summed E-state index contributed by atoms with van der Waals surface area (Å²) >= 11 is 6.27. The molecule has 1 N–H and O–H groups in total. The fraction of sp³-hybridized carbons (Fsp3) is 0.565. The van der Waals surface area contributed by atoms with Gasteiger partial charge in [0, 0.05) is 50.2 Å². The highest BCUT2D eigenvalue weighted by Gasteiger charge is 2.53. The third kappa shape index (κ3) is 4.67. The van der Waals surface area contributed by atoms with Crippen LogP contribution in [0.1, 0.15) is 33.6 Å². The second-order valence-electron chi connectivity index (χ2n) is 9.85. The first kappa shape index (κ1) is 22.0. The van der Waals surface area contributed by atoms with Gasteiger partial charge in [-0.25, -0.2) is 4.79 Å². The first-order chi connectivity index (χ1) is 14.6. The average molecular weight is 448 g/mol. The Hall–Kier alpha value is -2.25. The molecular weight excluding hydrogens is 418 g/mol. The van der Waals surface area contributed by atoms with Crippen molar-refractivity contribution in [2.75, 3.05) is 26.2 Å². The van der Waals surface area contributed by atoms with Crippen LogP contribution in [-0.4, -0.2) is 53.4 Å². The molecule has 2 aliphatic rings. The van der Waals surface area contributed by atoms with E-state index in [1.54, 1.807) is 19.3 Å². The van der Waals surface area contributed by atoms with Gasteiger partial charge >= 0.3 is 6.09 Å². The Morgan fingerprint density at radius 3 is 2.65 bits per heavy atom. The number of hydrogen-bond donors (Lipinski definition) is 1. The summed E-state index contributed by atoms with van der Waals surface area (Å²) in [4.78, 5) is 26.5. The van der Waals surface area contributed by atoms with Crippen LogP contribution in [0.25, 0.3) is 10.8 Å². The lowest BCUT2D eigenvalue weighted by Crippen LogP contribution is -2.65. The van der Waals surface area contributed by atoms with E-state index in [2.05, 4.69) is 10.2 Å². The van der Waals surface area contributed by atoms with Crippen LogP contribution in [0.5, 0.6) is 5.75 Å². The molecule has 7 nitrogen and oxygen atoms in total. The first-order valence-electron chi connectivity index (χ1n) is 10.7. The van der Waals surface area contributed by atoms with Gasteiger partial charge in [-0.1, -0.05) is 11.6 Å². The predicted octanol–water partition coefficient (Wildman–Crippen LogP) is 3.56. The van der Waals surface area contributed by atoms with Crippen LogP contribution in [0, 0.1) is 5.41 Å². The molecule has 1 aromatic heterocycles. The van der Waals surface area contributed by atoms with Crippen LogP contribution in [0.15, 0.2) is 29.2 Å². The molecule has 1 aromatic carbocycles. The van der Waals surface area contributed by atoms with Crippen LogP contribution in [-0.2, 0) is 11.8 Å². The second-order valence-corrected chi connectivity index (χ2v) is 10.3. The number of likely N-dealkylation sites (tertiary alicyclic amines) is 1. The number of carbonyl (C=O) groups is 1. The van der Waals surface area contributed by atoms with E-state index in [-0.39, 0.29) is 17.8 Å². The van der Waals surface area contributed by atoms with Crippen LogP contribution in [0.4, 0.5) is 4.79 Å². The van der Waals surface area contributed by atoms with Crippen molar-refractivity contribution in [2.45, 2.75) is 45.3 Å². The van der Waals surface area contributed by atoms with E-state index >= 15 is 0 Å². The first-order valence-corrected chi connectivity index (χ1v) is 11.1. The predicted molar refractivity (Wildman–Crippen MR) is 121 cm³/mol. The van der Waals surface area contributed by atoms with Crippen LogP contribution in [0.2, 0.25) is 5.02 Å². The van der Waals surface area contributed by atoms with Crippen molar-refractivity contribution < 1.29 is 14.3 Å². The quantitative estimate of drug-likeness (QED) is 0.758. The maximum Gasteiger partial charge on any atom is 0.407 e. The number of nitrogens with one attached hydrogen (secondary N) is 1. The van der Waals surface area contributed by atoms with Crippen molar-refractivity contribution in [1.29, 1.82) is 0 Å². The van der Waals surface area contributed by atoms with E-state index < -0.39 is 5.60 Å². The molecule has 0 radical (unpaired) electrons. The molecule has 1 aliphatic carbocycles. The fourth-order valence-electron chi connectivity index (χ4n) is 4.61. The van der Waals surface area contributed by atoms with Crippen molar-refractivity contribution in [3.8, 4) is 5.75 Å². The van der Waals surface area contributed by atoms with Gasteiger partial charge in [0.2, 0.25) is 0 Å². The minimum Gasteiger partial charge on any atom is -0.490 e. The van der Waals surface area contributed by atoms with Crippen molar-refractivity contribution in [2.24, 2.45) is 12.5 Å². The lowest BCUT2D eigenvalue weighted by molar-refractivity contribution is -0.117. The van der Waals surface area contributed by atoms with E-state index in [0.717, 1.165) is 43.6 Å². The molecule has 2 aromatic rings. The van der Waals surface area contributed by atoms with Gasteiger partial charge in [-0.05, 0) is 51.8 Å². The molecule has 1 aliphatic heterocycles. The Morgan fingerprint density at radius 1 is 1.26 bits per heavy atom. The number of halogens is 1. The molecule has 2 heterocycles. The van der Waals surface area contributed by atoms with Crippen molar-refractivity contribution >= 4 is 28.5 Å². The number of benzene rings is 1. The number of aryl methyl sites for hydroxylation is 1. The van der Waals surface area contributed by atoms with Gasteiger partial charge in [0.25, 0.3) is 5.56 Å². The SMILES string of the molecule is Cn1ccc2c(OC3CC4(C3)CN(CCNC(=O)OC(C)(C)C)C4)ccc(Cl)c2c1=O. The highest BCUT2D eigenvalue weighted by atomic mass is 35.5. The lowest BCUT2D eigenvalue weighted by atomic mass is 9.62. The Balaban J connectivity index is 1.25. The lowest BCUT2D eigenvalue weighted by Gasteiger charge is -2.58. The number of alkyl carbamates (subject to hydrolysis) is 1. The number of fused-ring (bicyclic) bond motifs is 1. The van der Waals surface area contributed by atoms with Gasteiger partial charge in [-0.2, -0.15) is 0 Å². The molecule has 1 saturated carbocycles. The van der Waals surface area contributed by atoms with Gasteiger partial charge in [0.15, 0.2) is 0 Å². The number of pyridine rings is 1. The Kier molecular flexibility index (Phi) is 5.68. The Morgan fingerprint density at radius 2 is 1.97 bits per heavy atom. The summed E-state index contributed by atoms with van der Waals surface area (Å²) in [6.07, 6.45) is 3.52. The smallest absolute Gasteiger partial charge is 0.407 e. The number of ether oxygens (including phenoxy) is 2. The van der Waals surface area contributed by atoms with Crippen LogP contribution in [0.3, 0.4) is 0 Å². The van der Waals surface area contributed by atoms with Crippen molar-refractivity contribution in [3.63, 3.8) is 0 Å². The van der Waals surface area contributed by atoms with Crippen LogP contribution >= 0.6 is 11.6 Å². The van der Waals surface area contributed by atoms with Crippen LogP contribution < -0.4 is 15.6 Å². The van der Waals surface area contributed by atoms with E-state index in [0.29, 0.717) is 22.4 Å². The average Bonchev–Trinajstić information content (AvgIpc) is 2.60. The fourth-order valence-corrected chi connectivity index (χ4v) is 4.85. The number of carbonyl (C=O) groups excluding carboxylic acids is 1. The topological polar surface area (TPSA) is 72.8 Å². The highest BCUT2D eigenvalue weighted by molar-refractivity contribution is 6.35. The molecule has 2 fully saturated rings. The number of hydrogen-bond acceptors (Lipinski definition) is 5. The summed E-state index contributed by atoms with van der Waals surface area (Å²) in [5, 5.41) is 4.52. The summed E-state index contributed by atoms with van der Waals surface area (Å²) < 4.78 is 13.0. The Labute approximate surface area is 187 Å². The summed E-state index contributed by atoms with van der Waals surface area (Å²) in [5.74, 6) is 0.717. The summed E-state index contributed by atoms with van der Waals surface area (Å²) in [7, 11) is 1.71. The molecule has 0 bridgehead atoms. The number of amides is 1. The van der Waals surface area contributed by atoms with Gasteiger partial charge in [0.1, 0.15) is 11.4 Å². The van der Waals surface area contributed by atoms with E-state index in [1.165, 1.54) is 4.57 Å². The van der Waals surface area contributed by atoms with Crippen molar-refractivity contribution in [1.82, 2.24) is 14.8 Å². The summed E-state index contributed by atoms with van der Waals surface area (Å²) in [6.45, 7) is 9.00. The standard InChI is InChI=1S/C23H30ClN3O4/c1-22(2,3)31-21(29)25-8-10-27-13-23(14-27)11-15(12-23)30-18-6-5-17(24)19-16(18)7-9-26(4)20(19)28/h5-7,9,15H,8,10-14H2,1-4H3,(H,25,29). The van der Waals surface area contributed by atoms with E-state index in [4.69, 9.17) is 21.1 Å². The molecule has 1 amide bonds. The summed E-state index contributed by atoms with van der Waals surface area (Å²) in [5.41, 5.74) is -0.281. The molecule has 4 rings (SSSR count). The largest absolute Gasteiger partial charge is 0.490 e. The molecule has 0 atom stereocenters. The molecule has 168 valence electrons. The van der Waals surface area contributed by atoms with Gasteiger partial charge in [0.05, 0.1) is 16.5 Å². The zero-order chi connectivity index (χ0) is 22.4. The van der Waals surface area contributed by atoms with Gasteiger partial charge in [-0.15, -0.1) is 0 Å². The molecule has 0 unspecified atom stereocenters. The highest BCUT2D eigenvalue weighted by Crippen LogP contribution is 2.50. The third-order valence-electron chi connectivity index (χ3n) is 5.98. The summed E-state index contributed by atoms with van der Waals surface area (Å²) in [6, 6.07) is 5.47. The minimum atomic E-state index is -0.478. The Bertz CT molecular complexity index is 1050. The maximum absolute atomic E-state index is 12.4. The molecule has 1 saturated heterocycles. The van der Waals surface area contributed by atoms with Crippen molar-refractivity contribution in [3.05, 3.63) is 39.8 Å². The molecule has 1 spiro atoms. The second kappa shape index (κ2) is 8.02. The normalized spacial score (nSPS) is 18.5. The molecule has 31 heavy (non-hydrogen) atoms. The zero-order valence-electron chi connectivity index (χ0n) is 18.5. The van der Waals surface area contributed by atoms with E-state index in [9.17, 15) is 9.59 Å². The maximum atomic E-state index is 12.4.